The standard InChI is InChI=1S/C6H11N2O4S/c1-5(9)7(12-2)8-6(10,11)3-4-13-8/h10H,3-4H2,1-2H3/q-1/p+1. The fourth-order valence-electron chi connectivity index (χ4n) is 1.06. The highest BCUT2D eigenvalue weighted by Crippen LogP contribution is 2.25. The normalized spacial score (nSPS) is 32.0. The maximum absolute atomic E-state index is 11.3. The van der Waals surface area contributed by atoms with Crippen LogP contribution < -0.4 is 10.3 Å². The number of rotatable bonds is 2. The van der Waals surface area contributed by atoms with Crippen LogP contribution in [0.1, 0.15) is 13.3 Å². The van der Waals surface area contributed by atoms with Gasteiger partial charge in [0, 0.05) is 5.75 Å². The monoisotopic (exact) mass is 208 g/mol. The van der Waals surface area contributed by atoms with Crippen LogP contribution in [-0.4, -0.2) is 34.2 Å². The van der Waals surface area contributed by atoms with E-state index in [-0.39, 0.29) is 17.5 Å². The zero-order chi connectivity index (χ0) is 10.1. The van der Waals surface area contributed by atoms with Crippen molar-refractivity contribution >= 4 is 17.9 Å². The molecule has 0 saturated carbocycles. The van der Waals surface area contributed by atoms with Gasteiger partial charge in [-0.3, -0.25) is 0 Å². The molecule has 0 radical (unpaired) electrons. The molecular formula is C6H12N2O4S. The number of nitrogens with one attached hydrogen (secondary N) is 1. The van der Waals surface area contributed by atoms with Gasteiger partial charge in [-0.05, 0) is 28.0 Å². The molecule has 1 fully saturated rings. The Kier molecular flexibility index (Phi) is 3.28. The molecule has 1 heterocycles. The quantitative estimate of drug-likeness (QED) is 0.291. The largest absolute Gasteiger partial charge is 0.812 e. The summed E-state index contributed by atoms with van der Waals surface area (Å²) in [6, 6.07) is 0. The van der Waals surface area contributed by atoms with E-state index in [1.807, 2.05) is 0 Å². The smallest absolute Gasteiger partial charge is 0.361 e. The van der Waals surface area contributed by atoms with Crippen molar-refractivity contribution in [3.63, 3.8) is 0 Å². The molecule has 6 nitrogen and oxygen atoms in total. The molecule has 76 valence electrons. The van der Waals surface area contributed by atoms with Gasteiger partial charge in [0.05, 0.1) is 14.0 Å². The summed E-state index contributed by atoms with van der Waals surface area (Å²) in [6.07, 6.45) is 0.0812. The van der Waals surface area contributed by atoms with E-state index in [2.05, 4.69) is 0 Å². The lowest BCUT2D eigenvalue weighted by molar-refractivity contribution is -1.12. The number of hydrogen-bond donors (Lipinski definition) is 2. The Morgan fingerprint density at radius 2 is 2.46 bits per heavy atom. The Morgan fingerprint density at radius 1 is 1.85 bits per heavy atom. The third-order valence-corrected chi connectivity index (χ3v) is 2.74. The lowest BCUT2D eigenvalue weighted by Crippen LogP contribution is -3.20. The average Bonchev–Trinajstić information content (AvgIpc) is 2.32. The van der Waals surface area contributed by atoms with E-state index in [9.17, 15) is 15.0 Å². The van der Waals surface area contributed by atoms with E-state index in [1.165, 1.54) is 14.0 Å². The number of quaternary nitrogens is 1. The zero-order valence-electron chi connectivity index (χ0n) is 7.44. The Hall–Kier alpha value is -0.180. The molecule has 0 aromatic rings. The molecule has 1 rings (SSSR count). The van der Waals surface area contributed by atoms with Gasteiger partial charge < -0.3 is 10.2 Å². The third-order valence-electron chi connectivity index (χ3n) is 1.64. The lowest BCUT2D eigenvalue weighted by Gasteiger charge is -2.36. The summed E-state index contributed by atoms with van der Waals surface area (Å²) in [6.45, 7) is 1.29. The molecule has 2 unspecified atom stereocenters. The molecule has 2 atom stereocenters. The van der Waals surface area contributed by atoms with E-state index in [4.69, 9.17) is 4.84 Å². The molecule has 0 aromatic carbocycles. The number of nitrogens with zero attached hydrogens (tertiary/aromatic N) is 1. The van der Waals surface area contributed by atoms with Crippen LogP contribution in [0.3, 0.4) is 0 Å². The van der Waals surface area contributed by atoms with Gasteiger partial charge in [-0.1, -0.05) is 0 Å². The molecule has 1 saturated heterocycles. The van der Waals surface area contributed by atoms with Crippen LogP contribution >= 0.6 is 11.9 Å². The van der Waals surface area contributed by atoms with Crippen molar-refractivity contribution in [2.75, 3.05) is 12.9 Å². The maximum atomic E-state index is 11.3. The van der Waals surface area contributed by atoms with Crippen molar-refractivity contribution < 1.29 is 25.0 Å². The molecule has 0 bridgehead atoms. The minimum atomic E-state index is -2.22. The molecule has 1 aliphatic rings. The predicted molar refractivity (Wildman–Crippen MR) is 42.5 cm³/mol. The van der Waals surface area contributed by atoms with E-state index < -0.39 is 5.91 Å². The van der Waals surface area contributed by atoms with Gasteiger partial charge in [-0.15, -0.1) is 0 Å². The number of aliphatic hydroxyl groups is 1. The van der Waals surface area contributed by atoms with Crippen LogP contribution in [0.5, 0.6) is 0 Å². The molecule has 0 spiro atoms. The Morgan fingerprint density at radius 3 is 2.77 bits per heavy atom. The molecule has 7 heteroatoms. The van der Waals surface area contributed by atoms with Crippen LogP contribution in [0, 0.1) is 0 Å². The first-order valence-electron chi connectivity index (χ1n) is 3.77. The van der Waals surface area contributed by atoms with Crippen molar-refractivity contribution in [1.82, 2.24) is 4.41 Å². The Balaban J connectivity index is 2.74. The van der Waals surface area contributed by atoms with E-state index >= 15 is 0 Å². The summed E-state index contributed by atoms with van der Waals surface area (Å²) in [7, 11) is 1.30. The second-order valence-electron chi connectivity index (χ2n) is 2.69. The zero-order valence-corrected chi connectivity index (χ0v) is 8.26. The van der Waals surface area contributed by atoms with Gasteiger partial charge in [-0.2, -0.15) is 4.84 Å². The molecular weight excluding hydrogens is 196 g/mol. The van der Waals surface area contributed by atoms with Gasteiger partial charge in [0.1, 0.15) is 5.91 Å². The molecule has 1 aliphatic heterocycles. The van der Waals surface area contributed by atoms with E-state index in [0.29, 0.717) is 5.75 Å². The summed E-state index contributed by atoms with van der Waals surface area (Å²) in [4.78, 5) is 15.7. The predicted octanol–water partition coefficient (Wildman–Crippen LogP) is -2.75. The van der Waals surface area contributed by atoms with Gasteiger partial charge in [0.25, 0.3) is 0 Å². The number of carbonyl (C=O) groups is 1. The third kappa shape index (κ3) is 2.19. The van der Waals surface area contributed by atoms with Gasteiger partial charge >= 0.3 is 5.91 Å². The Bertz CT molecular complexity index is 211. The van der Waals surface area contributed by atoms with Crippen molar-refractivity contribution in [2.45, 2.75) is 19.3 Å². The lowest BCUT2D eigenvalue weighted by atomic mass is 10.4. The molecule has 0 aliphatic carbocycles. The summed E-state index contributed by atoms with van der Waals surface area (Å²) in [5.74, 6) is -2.10. The summed E-state index contributed by atoms with van der Waals surface area (Å²) < 4.78 is 0.981. The highest BCUT2D eigenvalue weighted by Gasteiger charge is 2.41. The van der Waals surface area contributed by atoms with E-state index in [1.54, 1.807) is 0 Å². The number of hydroxylamine groups is 1. The highest BCUT2D eigenvalue weighted by molar-refractivity contribution is 7.97. The molecule has 1 amide bonds. The fourth-order valence-corrected chi connectivity index (χ4v) is 2.21. The van der Waals surface area contributed by atoms with Crippen LogP contribution in [0.2, 0.25) is 0 Å². The number of hydrogen-bond acceptors (Lipinski definition) is 6. The van der Waals surface area contributed by atoms with Gasteiger partial charge in [0.15, 0.2) is 0 Å². The second-order valence-corrected chi connectivity index (χ2v) is 3.72. The van der Waals surface area contributed by atoms with Crippen molar-refractivity contribution in [2.24, 2.45) is 0 Å². The highest BCUT2D eigenvalue weighted by atomic mass is 32.2. The Labute approximate surface area is 80.1 Å². The van der Waals surface area contributed by atoms with E-state index in [0.717, 1.165) is 16.4 Å². The first-order chi connectivity index (χ1) is 5.99. The van der Waals surface area contributed by atoms with Crippen molar-refractivity contribution in [3.05, 3.63) is 0 Å². The number of amides is 1. The van der Waals surface area contributed by atoms with Crippen LogP contribution in [-0.2, 0) is 9.63 Å². The van der Waals surface area contributed by atoms with Crippen molar-refractivity contribution in [3.8, 4) is 0 Å². The minimum Gasteiger partial charge on any atom is -0.812 e. The average molecular weight is 208 g/mol. The second kappa shape index (κ2) is 3.91. The molecule has 13 heavy (non-hydrogen) atoms. The summed E-state index contributed by atoms with van der Waals surface area (Å²) in [5.41, 5.74) is 0. The topological polar surface area (TPSA) is 77.3 Å². The maximum Gasteiger partial charge on any atom is 0.361 e. The minimum absolute atomic E-state index is 0.0812. The van der Waals surface area contributed by atoms with Gasteiger partial charge in [-0.25, -0.2) is 4.79 Å². The van der Waals surface area contributed by atoms with Crippen LogP contribution in [0.4, 0.5) is 0 Å². The first kappa shape index (κ1) is 10.9. The summed E-state index contributed by atoms with van der Waals surface area (Å²) in [5, 5.41) is 20.6. The first-order valence-corrected chi connectivity index (χ1v) is 4.71. The van der Waals surface area contributed by atoms with Gasteiger partial charge in [0.2, 0.25) is 0 Å². The molecule has 2 N–H and O–H groups in total. The molecule has 0 aromatic heterocycles. The SMILES string of the molecule is CO[NH+](C(C)=O)N1SCCC1([O-])O. The summed E-state index contributed by atoms with van der Waals surface area (Å²) >= 11 is 1.10. The van der Waals surface area contributed by atoms with Crippen LogP contribution in [0.25, 0.3) is 0 Å². The fraction of sp³-hybridized carbons (Fsp3) is 0.833. The van der Waals surface area contributed by atoms with Crippen LogP contribution in [0.15, 0.2) is 0 Å². The van der Waals surface area contributed by atoms with Crippen molar-refractivity contribution in [1.29, 1.82) is 0 Å². The number of carbonyl (C=O) groups excluding carboxylic acids is 1.